The average Bonchev–Trinajstić information content (AvgIpc) is 2.43. The maximum absolute atomic E-state index is 12.0. The maximum Gasteiger partial charge on any atom is 0.237 e. The van der Waals surface area contributed by atoms with E-state index < -0.39 is 10.8 Å². The molecule has 1 unspecified atom stereocenters. The largest absolute Gasteiger partial charge is 0.397 e. The minimum absolute atomic E-state index is 0.0395. The van der Waals surface area contributed by atoms with E-state index in [2.05, 4.69) is 5.32 Å². The van der Waals surface area contributed by atoms with Crippen LogP contribution in [0.5, 0.6) is 0 Å². The van der Waals surface area contributed by atoms with Gasteiger partial charge in [0, 0.05) is 16.6 Å². The molecule has 110 valence electrons. The molecule has 3 N–H and O–H groups in total. The number of carbonyl (C=O) groups excluding carboxylic acids is 1. The lowest BCUT2D eigenvalue weighted by molar-refractivity contribution is -0.113. The predicted octanol–water partition coefficient (Wildman–Crippen LogP) is 2.46. The smallest absolute Gasteiger partial charge is 0.237 e. The van der Waals surface area contributed by atoms with Gasteiger partial charge in [-0.15, -0.1) is 0 Å². The molecule has 0 radical (unpaired) electrons. The van der Waals surface area contributed by atoms with Crippen LogP contribution >= 0.6 is 0 Å². The van der Waals surface area contributed by atoms with Gasteiger partial charge in [0.2, 0.25) is 5.91 Å². The molecule has 0 aromatic heterocycles. The van der Waals surface area contributed by atoms with Crippen LogP contribution < -0.4 is 11.1 Å². The summed E-state index contributed by atoms with van der Waals surface area (Å²) in [6.45, 7) is 1.93. The SMILES string of the molecule is Cc1ccc(NC(=O)CS(=O)Cc2ccccc2)c(N)c1. The molecule has 0 saturated heterocycles. The van der Waals surface area contributed by atoms with Crippen LogP contribution in [0.4, 0.5) is 11.4 Å². The van der Waals surface area contributed by atoms with E-state index in [1.807, 2.05) is 43.3 Å². The van der Waals surface area contributed by atoms with E-state index >= 15 is 0 Å². The number of benzene rings is 2. The summed E-state index contributed by atoms with van der Waals surface area (Å²) in [5.41, 5.74) is 8.89. The zero-order chi connectivity index (χ0) is 15.2. The lowest BCUT2D eigenvalue weighted by Gasteiger charge is -2.09. The molecule has 2 aromatic carbocycles. The highest BCUT2D eigenvalue weighted by molar-refractivity contribution is 7.84. The summed E-state index contributed by atoms with van der Waals surface area (Å²) in [5.74, 6) is 0.0413. The highest BCUT2D eigenvalue weighted by Gasteiger charge is 2.10. The van der Waals surface area contributed by atoms with Gasteiger partial charge in [-0.25, -0.2) is 0 Å². The van der Waals surface area contributed by atoms with Crippen LogP contribution in [0.1, 0.15) is 11.1 Å². The van der Waals surface area contributed by atoms with Gasteiger partial charge in [-0.3, -0.25) is 9.00 Å². The summed E-state index contributed by atoms with van der Waals surface area (Å²) in [5, 5.41) is 2.70. The van der Waals surface area contributed by atoms with Gasteiger partial charge in [0.15, 0.2) is 0 Å². The van der Waals surface area contributed by atoms with Crippen LogP contribution in [0.15, 0.2) is 48.5 Å². The van der Waals surface area contributed by atoms with Gasteiger partial charge in [-0.05, 0) is 30.2 Å². The van der Waals surface area contributed by atoms with Gasteiger partial charge >= 0.3 is 0 Å². The number of rotatable bonds is 5. The number of hydrogen-bond acceptors (Lipinski definition) is 3. The summed E-state index contributed by atoms with van der Waals surface area (Å²) < 4.78 is 12.0. The molecular weight excluding hydrogens is 284 g/mol. The number of nitrogens with two attached hydrogens (primary N) is 1. The first-order valence-corrected chi connectivity index (χ1v) is 8.08. The Hall–Kier alpha value is -2.14. The van der Waals surface area contributed by atoms with E-state index in [9.17, 15) is 9.00 Å². The van der Waals surface area contributed by atoms with Gasteiger partial charge in [0.05, 0.1) is 11.4 Å². The Balaban J connectivity index is 1.91. The van der Waals surface area contributed by atoms with Crippen molar-refractivity contribution in [2.24, 2.45) is 0 Å². The summed E-state index contributed by atoms with van der Waals surface area (Å²) in [7, 11) is -1.24. The Kier molecular flexibility index (Phi) is 5.11. The molecule has 1 amide bonds. The summed E-state index contributed by atoms with van der Waals surface area (Å²) in [6, 6.07) is 14.9. The average molecular weight is 302 g/mol. The Morgan fingerprint density at radius 2 is 1.90 bits per heavy atom. The number of nitrogens with one attached hydrogen (secondary N) is 1. The van der Waals surface area contributed by atoms with Gasteiger partial charge in [0.25, 0.3) is 0 Å². The fourth-order valence-corrected chi connectivity index (χ4v) is 2.97. The normalized spacial score (nSPS) is 11.9. The topological polar surface area (TPSA) is 72.2 Å². The first-order chi connectivity index (χ1) is 10.0. The van der Waals surface area contributed by atoms with Crippen molar-refractivity contribution in [2.75, 3.05) is 16.8 Å². The lowest BCUT2D eigenvalue weighted by Crippen LogP contribution is -2.20. The summed E-state index contributed by atoms with van der Waals surface area (Å²) >= 11 is 0. The Morgan fingerprint density at radius 1 is 1.19 bits per heavy atom. The van der Waals surface area contributed by atoms with Crippen molar-refractivity contribution in [2.45, 2.75) is 12.7 Å². The van der Waals surface area contributed by atoms with E-state index in [-0.39, 0.29) is 11.7 Å². The summed E-state index contributed by atoms with van der Waals surface area (Å²) in [6.07, 6.45) is 0. The van der Waals surface area contributed by atoms with Crippen LogP contribution in [0, 0.1) is 6.92 Å². The van der Waals surface area contributed by atoms with Crippen molar-refractivity contribution in [3.63, 3.8) is 0 Å². The van der Waals surface area contributed by atoms with Gasteiger partial charge in [-0.1, -0.05) is 36.4 Å². The number of carbonyl (C=O) groups is 1. The minimum Gasteiger partial charge on any atom is -0.397 e. The fraction of sp³-hybridized carbons (Fsp3) is 0.188. The van der Waals surface area contributed by atoms with Gasteiger partial charge < -0.3 is 11.1 Å². The molecule has 0 bridgehead atoms. The van der Waals surface area contributed by atoms with Crippen molar-refractivity contribution >= 4 is 28.1 Å². The van der Waals surface area contributed by atoms with Gasteiger partial charge in [-0.2, -0.15) is 0 Å². The zero-order valence-electron chi connectivity index (χ0n) is 11.8. The first-order valence-electron chi connectivity index (χ1n) is 6.59. The van der Waals surface area contributed by atoms with Crippen LogP contribution in [0.2, 0.25) is 0 Å². The molecule has 5 heteroatoms. The fourth-order valence-electron chi connectivity index (χ4n) is 1.94. The van der Waals surface area contributed by atoms with Crippen molar-refractivity contribution in [1.82, 2.24) is 0 Å². The quantitative estimate of drug-likeness (QED) is 0.833. The van der Waals surface area contributed by atoms with Crippen molar-refractivity contribution < 1.29 is 9.00 Å². The van der Waals surface area contributed by atoms with E-state index in [0.29, 0.717) is 17.1 Å². The molecule has 2 rings (SSSR count). The molecule has 0 aliphatic rings. The third-order valence-electron chi connectivity index (χ3n) is 2.94. The summed E-state index contributed by atoms with van der Waals surface area (Å²) in [4.78, 5) is 11.9. The number of nitrogen functional groups attached to an aromatic ring is 1. The Morgan fingerprint density at radius 3 is 2.57 bits per heavy atom. The number of aryl methyl sites for hydroxylation is 1. The molecule has 0 heterocycles. The molecule has 2 aromatic rings. The van der Waals surface area contributed by atoms with Crippen LogP contribution in [0.25, 0.3) is 0 Å². The molecule has 0 spiro atoms. The second kappa shape index (κ2) is 7.04. The number of anilines is 2. The molecule has 0 saturated carbocycles. The minimum atomic E-state index is -1.24. The monoisotopic (exact) mass is 302 g/mol. The van der Waals surface area contributed by atoms with Crippen LogP contribution in [-0.4, -0.2) is 15.9 Å². The van der Waals surface area contributed by atoms with E-state index in [0.717, 1.165) is 11.1 Å². The molecule has 1 atom stereocenters. The molecular formula is C16H18N2O2S. The molecule has 0 aliphatic carbocycles. The van der Waals surface area contributed by atoms with Crippen LogP contribution in [0.3, 0.4) is 0 Å². The first kappa shape index (κ1) is 15.3. The predicted molar refractivity (Wildman–Crippen MR) is 87.4 cm³/mol. The molecule has 21 heavy (non-hydrogen) atoms. The number of amides is 1. The van der Waals surface area contributed by atoms with Gasteiger partial charge in [0.1, 0.15) is 5.75 Å². The lowest BCUT2D eigenvalue weighted by atomic mass is 10.2. The maximum atomic E-state index is 12.0. The second-order valence-electron chi connectivity index (χ2n) is 4.85. The third-order valence-corrected chi connectivity index (χ3v) is 4.18. The Labute approximate surface area is 126 Å². The van der Waals surface area contributed by atoms with E-state index in [1.165, 1.54) is 0 Å². The Bertz CT molecular complexity index is 657. The van der Waals surface area contributed by atoms with Crippen molar-refractivity contribution in [3.8, 4) is 0 Å². The second-order valence-corrected chi connectivity index (χ2v) is 6.31. The highest BCUT2D eigenvalue weighted by Crippen LogP contribution is 2.19. The molecule has 0 aliphatic heterocycles. The van der Waals surface area contributed by atoms with E-state index in [1.54, 1.807) is 12.1 Å². The third kappa shape index (κ3) is 4.72. The number of hydrogen-bond donors (Lipinski definition) is 2. The molecule has 0 fully saturated rings. The molecule has 4 nitrogen and oxygen atoms in total. The standard InChI is InChI=1S/C16H18N2O2S/c1-12-7-8-15(14(17)9-12)18-16(19)11-21(20)10-13-5-3-2-4-6-13/h2-9H,10-11,17H2,1H3,(H,18,19). The highest BCUT2D eigenvalue weighted by atomic mass is 32.2. The zero-order valence-corrected chi connectivity index (χ0v) is 12.7. The van der Waals surface area contributed by atoms with E-state index in [4.69, 9.17) is 5.73 Å². The van der Waals surface area contributed by atoms with Crippen molar-refractivity contribution in [3.05, 3.63) is 59.7 Å². The van der Waals surface area contributed by atoms with Crippen LogP contribution in [-0.2, 0) is 21.3 Å². The van der Waals surface area contributed by atoms with Crippen molar-refractivity contribution in [1.29, 1.82) is 0 Å².